The van der Waals surface area contributed by atoms with Crippen molar-refractivity contribution >= 4 is 5.91 Å². The van der Waals surface area contributed by atoms with Gasteiger partial charge in [-0.1, -0.05) is 5.16 Å². The summed E-state index contributed by atoms with van der Waals surface area (Å²) in [6.07, 6.45) is 3.95. The van der Waals surface area contributed by atoms with Crippen LogP contribution in [0.3, 0.4) is 0 Å². The summed E-state index contributed by atoms with van der Waals surface area (Å²) in [6, 6.07) is 5.67. The Hall–Kier alpha value is -3.03. The molecule has 0 spiro atoms. The largest absolute Gasteiger partial charge is 0.339 e. The van der Waals surface area contributed by atoms with Gasteiger partial charge in [-0.2, -0.15) is 10.1 Å². The molecule has 0 bridgehead atoms. The van der Waals surface area contributed by atoms with Gasteiger partial charge in [-0.25, -0.2) is 9.67 Å². The molecule has 1 unspecified atom stereocenters. The lowest BCUT2D eigenvalue weighted by Crippen LogP contribution is -2.29. The fourth-order valence-corrected chi connectivity index (χ4v) is 3.17. The number of hydrogen-bond acceptors (Lipinski definition) is 6. The molecule has 0 aliphatic carbocycles. The van der Waals surface area contributed by atoms with Crippen LogP contribution in [-0.2, 0) is 0 Å². The van der Waals surface area contributed by atoms with E-state index in [4.69, 9.17) is 4.52 Å². The van der Waals surface area contributed by atoms with Gasteiger partial charge in [0.25, 0.3) is 5.91 Å². The van der Waals surface area contributed by atoms with Crippen molar-refractivity contribution in [2.45, 2.75) is 26.2 Å². The number of carbonyl (C=O) groups excluding carboxylic acids is 1. The van der Waals surface area contributed by atoms with E-state index in [0.29, 0.717) is 30.4 Å². The highest BCUT2D eigenvalue weighted by Gasteiger charge is 2.31. The summed E-state index contributed by atoms with van der Waals surface area (Å²) < 4.78 is 6.92. The van der Waals surface area contributed by atoms with Gasteiger partial charge in [0, 0.05) is 18.7 Å². The van der Waals surface area contributed by atoms with Gasteiger partial charge in [-0.3, -0.25) is 4.79 Å². The Bertz CT molecular complexity index is 902. The Balaban J connectivity index is 1.51. The summed E-state index contributed by atoms with van der Waals surface area (Å²) in [5.74, 6) is 1.38. The maximum atomic E-state index is 12.9. The minimum atomic E-state index is 0.0291. The van der Waals surface area contributed by atoms with Crippen LogP contribution in [0.1, 0.15) is 40.0 Å². The first kappa shape index (κ1) is 15.5. The Kier molecular flexibility index (Phi) is 3.79. The first-order valence-electron chi connectivity index (χ1n) is 8.17. The zero-order chi connectivity index (χ0) is 17.4. The van der Waals surface area contributed by atoms with Crippen LogP contribution in [0.15, 0.2) is 35.4 Å². The van der Waals surface area contributed by atoms with Gasteiger partial charge in [-0.05, 0) is 44.0 Å². The summed E-state index contributed by atoms with van der Waals surface area (Å²) in [7, 11) is 0. The topological polar surface area (TPSA) is 89.9 Å². The number of aryl methyl sites for hydroxylation is 2. The fraction of sp³-hybridized carbons (Fsp3) is 0.353. The molecule has 1 aliphatic heterocycles. The number of hydrogen-bond donors (Lipinski definition) is 0. The minimum absolute atomic E-state index is 0.0291. The first-order chi connectivity index (χ1) is 12.1. The van der Waals surface area contributed by atoms with E-state index in [-0.39, 0.29) is 11.8 Å². The second-order valence-corrected chi connectivity index (χ2v) is 6.26. The first-order valence-corrected chi connectivity index (χ1v) is 8.17. The third-order valence-electron chi connectivity index (χ3n) is 4.49. The van der Waals surface area contributed by atoms with Crippen molar-refractivity contribution in [2.75, 3.05) is 13.1 Å². The van der Waals surface area contributed by atoms with Crippen molar-refractivity contribution < 1.29 is 9.32 Å². The molecular weight excluding hydrogens is 320 g/mol. The second-order valence-electron chi connectivity index (χ2n) is 6.26. The Morgan fingerprint density at radius 1 is 1.32 bits per heavy atom. The van der Waals surface area contributed by atoms with Crippen LogP contribution in [0, 0.1) is 13.8 Å². The van der Waals surface area contributed by atoms with Gasteiger partial charge in [0.05, 0.1) is 11.6 Å². The number of benzene rings is 1. The Morgan fingerprint density at radius 3 is 2.88 bits per heavy atom. The van der Waals surface area contributed by atoms with Crippen LogP contribution >= 0.6 is 0 Å². The fourth-order valence-electron chi connectivity index (χ4n) is 3.17. The molecule has 4 rings (SSSR count). The van der Waals surface area contributed by atoms with E-state index in [0.717, 1.165) is 17.7 Å². The predicted octanol–water partition coefficient (Wildman–Crippen LogP) is 1.90. The lowest BCUT2D eigenvalue weighted by molar-refractivity contribution is 0.0789. The van der Waals surface area contributed by atoms with Gasteiger partial charge in [-0.15, -0.1) is 0 Å². The smallest absolute Gasteiger partial charge is 0.254 e. The molecule has 25 heavy (non-hydrogen) atoms. The molecule has 1 atom stereocenters. The monoisotopic (exact) mass is 338 g/mol. The summed E-state index contributed by atoms with van der Waals surface area (Å²) in [4.78, 5) is 23.0. The van der Waals surface area contributed by atoms with Crippen LogP contribution in [0.4, 0.5) is 0 Å². The zero-order valence-corrected chi connectivity index (χ0v) is 14.1. The van der Waals surface area contributed by atoms with Crippen LogP contribution in [0.25, 0.3) is 5.69 Å². The van der Waals surface area contributed by atoms with E-state index in [9.17, 15) is 4.79 Å². The Morgan fingerprint density at radius 2 is 2.20 bits per heavy atom. The number of amides is 1. The molecular formula is C17H18N6O2. The van der Waals surface area contributed by atoms with E-state index in [1.54, 1.807) is 17.9 Å². The molecule has 2 aromatic heterocycles. The maximum absolute atomic E-state index is 12.9. The van der Waals surface area contributed by atoms with Crippen LogP contribution in [0.2, 0.25) is 0 Å². The number of carbonyl (C=O) groups is 1. The molecule has 3 heterocycles. The minimum Gasteiger partial charge on any atom is -0.339 e. The molecule has 1 saturated heterocycles. The van der Waals surface area contributed by atoms with Crippen molar-refractivity contribution in [1.82, 2.24) is 29.8 Å². The van der Waals surface area contributed by atoms with E-state index < -0.39 is 0 Å². The maximum Gasteiger partial charge on any atom is 0.254 e. The lowest BCUT2D eigenvalue weighted by Gasteiger charge is -2.17. The highest BCUT2D eigenvalue weighted by atomic mass is 16.5. The molecule has 8 nitrogen and oxygen atoms in total. The normalized spacial score (nSPS) is 17.2. The molecule has 1 aromatic carbocycles. The average Bonchev–Trinajstić information content (AvgIpc) is 3.35. The van der Waals surface area contributed by atoms with Gasteiger partial charge >= 0.3 is 0 Å². The van der Waals surface area contributed by atoms with Gasteiger partial charge < -0.3 is 9.42 Å². The molecule has 0 saturated carbocycles. The molecule has 0 radical (unpaired) electrons. The van der Waals surface area contributed by atoms with Crippen molar-refractivity contribution in [2.24, 2.45) is 0 Å². The van der Waals surface area contributed by atoms with Crippen LogP contribution < -0.4 is 0 Å². The van der Waals surface area contributed by atoms with Crippen molar-refractivity contribution in [3.05, 3.63) is 53.7 Å². The van der Waals surface area contributed by atoms with Crippen molar-refractivity contribution in [1.29, 1.82) is 0 Å². The molecule has 3 aromatic rings. The molecule has 0 N–H and O–H groups in total. The number of nitrogens with zero attached hydrogens (tertiary/aromatic N) is 6. The highest BCUT2D eigenvalue weighted by Crippen LogP contribution is 2.27. The number of aromatic nitrogens is 5. The van der Waals surface area contributed by atoms with E-state index in [1.165, 1.54) is 6.33 Å². The van der Waals surface area contributed by atoms with Crippen molar-refractivity contribution in [3.8, 4) is 5.69 Å². The third kappa shape index (κ3) is 2.90. The summed E-state index contributed by atoms with van der Waals surface area (Å²) in [6.45, 7) is 5.02. The van der Waals surface area contributed by atoms with Crippen molar-refractivity contribution in [3.63, 3.8) is 0 Å². The number of likely N-dealkylation sites (tertiary alicyclic amines) is 1. The lowest BCUT2D eigenvalue weighted by atomic mass is 10.1. The SMILES string of the molecule is Cc1noc(C2CCN(C(=O)c3ccc(-n4cncn4)cc3C)C2)n1. The van der Waals surface area contributed by atoms with Gasteiger partial charge in [0.2, 0.25) is 5.89 Å². The summed E-state index contributed by atoms with van der Waals surface area (Å²) >= 11 is 0. The quantitative estimate of drug-likeness (QED) is 0.724. The van der Waals surface area contributed by atoms with Crippen LogP contribution in [-0.4, -0.2) is 48.8 Å². The summed E-state index contributed by atoms with van der Waals surface area (Å²) in [5, 5.41) is 7.95. The van der Waals surface area contributed by atoms with Gasteiger partial charge in [0.1, 0.15) is 12.7 Å². The summed E-state index contributed by atoms with van der Waals surface area (Å²) in [5.41, 5.74) is 2.49. The second kappa shape index (κ2) is 6.12. The van der Waals surface area contributed by atoms with E-state index in [2.05, 4.69) is 20.2 Å². The molecule has 1 fully saturated rings. The zero-order valence-electron chi connectivity index (χ0n) is 14.1. The molecule has 1 amide bonds. The average molecular weight is 338 g/mol. The standard InChI is InChI=1S/C17H18N6O2/c1-11-7-14(23-10-18-9-19-23)3-4-15(11)17(24)22-6-5-13(8-22)16-20-12(2)21-25-16/h3-4,7,9-10,13H,5-6,8H2,1-2H3. The third-order valence-corrected chi connectivity index (χ3v) is 4.49. The van der Waals surface area contributed by atoms with E-state index >= 15 is 0 Å². The molecule has 8 heteroatoms. The highest BCUT2D eigenvalue weighted by molar-refractivity contribution is 5.96. The molecule has 1 aliphatic rings. The van der Waals surface area contributed by atoms with Crippen LogP contribution in [0.5, 0.6) is 0 Å². The van der Waals surface area contributed by atoms with E-state index in [1.807, 2.05) is 30.0 Å². The predicted molar refractivity (Wildman–Crippen MR) is 88.4 cm³/mol. The number of rotatable bonds is 3. The van der Waals surface area contributed by atoms with Gasteiger partial charge in [0.15, 0.2) is 5.82 Å². The Labute approximate surface area is 144 Å². The molecule has 128 valence electrons.